The van der Waals surface area contributed by atoms with Crippen molar-refractivity contribution in [3.05, 3.63) is 0 Å². The SMILES string of the molecule is CC(C)C(=O)N[C@H]1CON(S(C)(=O)=O)C1. The van der Waals surface area contributed by atoms with Gasteiger partial charge in [-0.15, -0.1) is 0 Å². The van der Waals surface area contributed by atoms with Gasteiger partial charge in [-0.05, 0) is 0 Å². The summed E-state index contributed by atoms with van der Waals surface area (Å²) in [6.07, 6.45) is 1.07. The van der Waals surface area contributed by atoms with Gasteiger partial charge in [-0.2, -0.15) is 0 Å². The van der Waals surface area contributed by atoms with Gasteiger partial charge in [-0.1, -0.05) is 18.3 Å². The molecule has 88 valence electrons. The summed E-state index contributed by atoms with van der Waals surface area (Å²) in [7, 11) is -3.33. The van der Waals surface area contributed by atoms with E-state index in [1.165, 1.54) is 0 Å². The van der Waals surface area contributed by atoms with Crippen molar-refractivity contribution in [1.29, 1.82) is 0 Å². The highest BCUT2D eigenvalue weighted by Crippen LogP contribution is 2.10. The number of hydroxylamine groups is 1. The summed E-state index contributed by atoms with van der Waals surface area (Å²) in [5, 5.41) is 2.71. The van der Waals surface area contributed by atoms with Gasteiger partial charge >= 0.3 is 0 Å². The lowest BCUT2D eigenvalue weighted by Gasteiger charge is -2.13. The second-order valence-corrected chi connectivity index (χ2v) is 5.78. The van der Waals surface area contributed by atoms with Crippen LogP contribution in [-0.2, 0) is 19.7 Å². The van der Waals surface area contributed by atoms with Gasteiger partial charge < -0.3 is 5.32 Å². The Balaban J connectivity index is 2.48. The summed E-state index contributed by atoms with van der Waals surface area (Å²) in [5.74, 6) is -0.212. The van der Waals surface area contributed by atoms with Crippen LogP contribution < -0.4 is 5.32 Å². The quantitative estimate of drug-likeness (QED) is 0.705. The Labute approximate surface area is 89.6 Å². The number of nitrogens with one attached hydrogen (secondary N) is 1. The molecular weight excluding hydrogens is 220 g/mol. The maximum absolute atomic E-state index is 11.3. The number of hydrogen-bond donors (Lipinski definition) is 1. The lowest BCUT2D eigenvalue weighted by atomic mass is 10.2. The number of carbonyl (C=O) groups is 1. The van der Waals surface area contributed by atoms with Crippen molar-refractivity contribution in [2.75, 3.05) is 19.4 Å². The van der Waals surface area contributed by atoms with E-state index >= 15 is 0 Å². The van der Waals surface area contributed by atoms with Crippen molar-refractivity contribution in [1.82, 2.24) is 9.79 Å². The van der Waals surface area contributed by atoms with Gasteiger partial charge in [0.15, 0.2) is 0 Å². The summed E-state index contributed by atoms with van der Waals surface area (Å²) in [6, 6.07) is -0.255. The Morgan fingerprint density at radius 1 is 1.53 bits per heavy atom. The molecule has 0 aromatic heterocycles. The average Bonchev–Trinajstić information content (AvgIpc) is 2.51. The third-order valence-corrected chi connectivity index (χ3v) is 3.02. The van der Waals surface area contributed by atoms with Crippen LogP contribution in [0.3, 0.4) is 0 Å². The fraction of sp³-hybridized carbons (Fsp3) is 0.875. The maximum Gasteiger partial charge on any atom is 0.233 e. The summed E-state index contributed by atoms with van der Waals surface area (Å²) in [4.78, 5) is 16.3. The molecule has 1 N–H and O–H groups in total. The molecule has 1 fully saturated rings. The van der Waals surface area contributed by atoms with E-state index in [0.717, 1.165) is 10.7 Å². The molecule has 0 spiro atoms. The second kappa shape index (κ2) is 4.46. The minimum Gasteiger partial charge on any atom is -0.349 e. The molecule has 1 aliphatic heterocycles. The van der Waals surface area contributed by atoms with Gasteiger partial charge in [-0.3, -0.25) is 9.63 Å². The van der Waals surface area contributed by atoms with E-state index in [1.54, 1.807) is 13.8 Å². The number of nitrogens with zero attached hydrogens (tertiary/aromatic N) is 1. The first-order chi connectivity index (χ1) is 6.80. The Bertz CT molecular complexity index is 339. The van der Waals surface area contributed by atoms with Crippen molar-refractivity contribution in [3.8, 4) is 0 Å². The molecular formula is C8H16N2O4S. The largest absolute Gasteiger partial charge is 0.349 e. The molecule has 1 heterocycles. The maximum atomic E-state index is 11.3. The summed E-state index contributed by atoms with van der Waals surface area (Å²) in [5.41, 5.74) is 0. The number of rotatable bonds is 3. The molecule has 0 radical (unpaired) electrons. The molecule has 1 atom stereocenters. The van der Waals surface area contributed by atoms with Gasteiger partial charge in [0.1, 0.15) is 0 Å². The number of hydrogen-bond acceptors (Lipinski definition) is 4. The minimum atomic E-state index is -3.33. The molecule has 1 saturated heterocycles. The zero-order valence-corrected chi connectivity index (χ0v) is 9.87. The van der Waals surface area contributed by atoms with E-state index in [2.05, 4.69) is 5.32 Å². The van der Waals surface area contributed by atoms with Crippen molar-refractivity contribution in [2.45, 2.75) is 19.9 Å². The summed E-state index contributed by atoms with van der Waals surface area (Å²) >= 11 is 0. The van der Waals surface area contributed by atoms with Gasteiger partial charge in [0, 0.05) is 5.92 Å². The molecule has 0 aromatic carbocycles. The van der Waals surface area contributed by atoms with E-state index in [4.69, 9.17) is 4.84 Å². The molecule has 0 aliphatic carbocycles. The average molecular weight is 236 g/mol. The van der Waals surface area contributed by atoms with Crippen LogP contribution in [0.1, 0.15) is 13.8 Å². The van der Waals surface area contributed by atoms with Crippen LogP contribution >= 0.6 is 0 Å². The minimum absolute atomic E-state index is 0.0982. The lowest BCUT2D eigenvalue weighted by Crippen LogP contribution is -2.41. The van der Waals surface area contributed by atoms with Crippen LogP contribution in [-0.4, -0.2) is 44.2 Å². The zero-order chi connectivity index (χ0) is 11.6. The van der Waals surface area contributed by atoms with Crippen molar-refractivity contribution in [3.63, 3.8) is 0 Å². The molecule has 0 bridgehead atoms. The van der Waals surface area contributed by atoms with Crippen LogP contribution in [0.2, 0.25) is 0 Å². The first-order valence-electron chi connectivity index (χ1n) is 4.71. The van der Waals surface area contributed by atoms with Crippen LogP contribution in [0.5, 0.6) is 0 Å². The van der Waals surface area contributed by atoms with E-state index < -0.39 is 10.0 Å². The first kappa shape index (κ1) is 12.4. The predicted octanol–water partition coefficient (Wildman–Crippen LogP) is -0.666. The standard InChI is InChI=1S/C8H16N2O4S/c1-6(2)8(11)9-7-4-10(14-5-7)15(3,12)13/h6-7H,4-5H2,1-3H3,(H,9,11)/t7-/m1/s1. The van der Waals surface area contributed by atoms with E-state index in [1.807, 2.05) is 0 Å². The Morgan fingerprint density at radius 2 is 2.13 bits per heavy atom. The third kappa shape index (κ3) is 3.44. The lowest BCUT2D eigenvalue weighted by molar-refractivity contribution is -0.124. The smallest absolute Gasteiger partial charge is 0.233 e. The monoisotopic (exact) mass is 236 g/mol. The predicted molar refractivity (Wildman–Crippen MR) is 54.3 cm³/mol. The normalized spacial score (nSPS) is 23.3. The van der Waals surface area contributed by atoms with Crippen molar-refractivity contribution in [2.24, 2.45) is 5.92 Å². The molecule has 15 heavy (non-hydrogen) atoms. The zero-order valence-electron chi connectivity index (χ0n) is 9.06. The third-order valence-electron chi connectivity index (χ3n) is 2.03. The van der Waals surface area contributed by atoms with Gasteiger partial charge in [0.2, 0.25) is 15.9 Å². The fourth-order valence-corrected chi connectivity index (χ4v) is 1.85. The molecule has 1 aliphatic rings. The molecule has 0 aromatic rings. The number of carbonyl (C=O) groups excluding carboxylic acids is 1. The molecule has 6 nitrogen and oxygen atoms in total. The van der Waals surface area contributed by atoms with Crippen LogP contribution in [0.25, 0.3) is 0 Å². The van der Waals surface area contributed by atoms with Gasteiger partial charge in [-0.25, -0.2) is 8.42 Å². The Hall–Kier alpha value is -0.660. The second-order valence-electron chi connectivity index (χ2n) is 3.90. The van der Waals surface area contributed by atoms with Crippen molar-refractivity contribution < 1.29 is 18.0 Å². The van der Waals surface area contributed by atoms with E-state index in [0.29, 0.717) is 0 Å². The van der Waals surface area contributed by atoms with E-state index in [-0.39, 0.29) is 31.0 Å². The van der Waals surface area contributed by atoms with Gasteiger partial charge in [0.25, 0.3) is 0 Å². The Morgan fingerprint density at radius 3 is 2.53 bits per heavy atom. The molecule has 1 amide bonds. The molecule has 7 heteroatoms. The highest BCUT2D eigenvalue weighted by molar-refractivity contribution is 7.88. The molecule has 0 saturated carbocycles. The van der Waals surface area contributed by atoms with Crippen LogP contribution in [0.4, 0.5) is 0 Å². The summed E-state index contributed by atoms with van der Waals surface area (Å²) < 4.78 is 23.1. The molecule has 0 unspecified atom stereocenters. The van der Waals surface area contributed by atoms with E-state index in [9.17, 15) is 13.2 Å². The van der Waals surface area contributed by atoms with Crippen molar-refractivity contribution >= 4 is 15.9 Å². The topological polar surface area (TPSA) is 75.7 Å². The highest BCUT2D eigenvalue weighted by atomic mass is 32.2. The first-order valence-corrected chi connectivity index (χ1v) is 6.56. The van der Waals surface area contributed by atoms with Crippen LogP contribution in [0, 0.1) is 5.92 Å². The fourth-order valence-electron chi connectivity index (χ4n) is 1.14. The highest BCUT2D eigenvalue weighted by Gasteiger charge is 2.31. The Kier molecular flexibility index (Phi) is 3.69. The van der Waals surface area contributed by atoms with Crippen LogP contribution in [0.15, 0.2) is 0 Å². The number of sulfonamides is 1. The summed E-state index contributed by atoms with van der Waals surface area (Å²) in [6.45, 7) is 3.93. The molecule has 1 rings (SSSR count). The number of amides is 1. The van der Waals surface area contributed by atoms with Gasteiger partial charge in [0.05, 0.1) is 25.4 Å².